The fourth-order valence-corrected chi connectivity index (χ4v) is 8.69. The van der Waals surface area contributed by atoms with Gasteiger partial charge in [0.25, 0.3) is 0 Å². The summed E-state index contributed by atoms with van der Waals surface area (Å²) in [5, 5.41) is 25.6. The molecule has 2 aromatic carbocycles. The largest absolute Gasteiger partial charge is 0.497 e. The van der Waals surface area contributed by atoms with Gasteiger partial charge in [-0.1, -0.05) is 59.1 Å². The standard InChI is InChI=1S/C19H19ClN4O4.C17H15ClN4O4.C11H11ClN4O3/c1-3-27-19(25)14-10-21-24-17(14)22-16(20)15-18(24)23(8-9-28-15)11-12-4-6-13(26-2)7-5-12;1-25-11-4-2-10(3-5-11)9-21-6-7-26-13-14(18)20-15-12(17(23)24)8-19-22(15)16(13)21;1-2-18-11(17)6-5-14-16-9(6)15-8(12)7-10(16)13-3-4-19-7/h4-7,10H,3,8-9,11H2,1-2H3;2-5,8H,6-7,9H2,1H3,(H,23,24);5,13H,2-4H2,1H3. The van der Waals surface area contributed by atoms with Crippen molar-refractivity contribution in [2.75, 3.05) is 82.0 Å². The smallest absolute Gasteiger partial charge is 0.343 e. The van der Waals surface area contributed by atoms with E-state index in [1.807, 2.05) is 53.4 Å². The highest BCUT2D eigenvalue weighted by atomic mass is 35.5. The van der Waals surface area contributed by atoms with E-state index in [9.17, 15) is 19.5 Å². The van der Waals surface area contributed by atoms with Crippen molar-refractivity contribution >= 4 is 87.1 Å². The van der Waals surface area contributed by atoms with E-state index in [-0.39, 0.29) is 51.0 Å². The number of hydrogen-bond donors (Lipinski definition) is 2. The molecule has 380 valence electrons. The van der Waals surface area contributed by atoms with Crippen molar-refractivity contribution in [1.29, 1.82) is 0 Å². The molecule has 0 bridgehead atoms. The SMILES string of the molecule is CCOC(=O)c1cnn2c3c(c(Cl)nc12)OCCN3.CCOC(=O)c1cnn2c3c(c(Cl)nc12)OCCN3Cc1ccc(OC)cc1.COc1ccc(CN2CCOc3c(Cl)nc4c(C(=O)O)cnn4c32)cc1. The molecule has 9 heterocycles. The Morgan fingerprint density at radius 3 is 1.47 bits per heavy atom. The Morgan fingerprint density at radius 2 is 1.01 bits per heavy atom. The zero-order valence-electron chi connectivity index (χ0n) is 39.5. The number of hydrogen-bond acceptors (Lipinski definition) is 19. The molecule has 6 aromatic heterocycles. The third-order valence-electron chi connectivity index (χ3n) is 11.4. The average molecular weight is 1060 g/mol. The average Bonchev–Trinajstić information content (AvgIpc) is 4.15. The van der Waals surface area contributed by atoms with Gasteiger partial charge in [-0.2, -0.15) is 28.8 Å². The number of esters is 2. The molecule has 2 N–H and O–H groups in total. The van der Waals surface area contributed by atoms with Gasteiger partial charge in [0.2, 0.25) is 0 Å². The number of nitrogens with zero attached hydrogens (tertiary/aromatic N) is 11. The summed E-state index contributed by atoms with van der Waals surface area (Å²) < 4.78 is 41.8. The lowest BCUT2D eigenvalue weighted by atomic mass is 10.2. The summed E-state index contributed by atoms with van der Waals surface area (Å²) in [5.74, 6) is 2.65. The Hall–Kier alpha value is -8.02. The Morgan fingerprint density at radius 1 is 0.603 bits per heavy atom. The van der Waals surface area contributed by atoms with E-state index >= 15 is 0 Å². The van der Waals surface area contributed by atoms with Crippen molar-refractivity contribution in [3.05, 3.63) is 110 Å². The maximum atomic E-state index is 12.2. The van der Waals surface area contributed by atoms with E-state index in [4.69, 9.17) is 68.0 Å². The van der Waals surface area contributed by atoms with Gasteiger partial charge in [-0.15, -0.1) is 0 Å². The van der Waals surface area contributed by atoms with Crippen molar-refractivity contribution in [1.82, 2.24) is 43.8 Å². The maximum absolute atomic E-state index is 12.2. The lowest BCUT2D eigenvalue weighted by Gasteiger charge is -2.31. The molecule has 0 saturated carbocycles. The van der Waals surface area contributed by atoms with Gasteiger partial charge < -0.3 is 53.4 Å². The van der Waals surface area contributed by atoms with E-state index in [0.29, 0.717) is 98.5 Å². The lowest BCUT2D eigenvalue weighted by Crippen LogP contribution is -2.34. The molecule has 3 aliphatic heterocycles. The van der Waals surface area contributed by atoms with Crippen molar-refractivity contribution in [2.45, 2.75) is 26.9 Å². The van der Waals surface area contributed by atoms with Crippen molar-refractivity contribution in [2.24, 2.45) is 0 Å². The van der Waals surface area contributed by atoms with Crippen LogP contribution >= 0.6 is 34.8 Å². The maximum Gasteiger partial charge on any atom is 0.343 e. The van der Waals surface area contributed by atoms with Crippen LogP contribution in [-0.2, 0) is 22.6 Å². The Labute approximate surface area is 429 Å². The van der Waals surface area contributed by atoms with E-state index < -0.39 is 17.9 Å². The first-order valence-electron chi connectivity index (χ1n) is 22.6. The first kappa shape index (κ1) is 49.9. The minimum atomic E-state index is -1.11. The molecule has 8 aromatic rings. The van der Waals surface area contributed by atoms with Crippen LogP contribution in [0.25, 0.3) is 16.9 Å². The number of ether oxygens (including phenoxy) is 7. The molecule has 3 aliphatic rings. The van der Waals surface area contributed by atoms with Crippen LogP contribution in [0.3, 0.4) is 0 Å². The molecule has 11 rings (SSSR count). The summed E-state index contributed by atoms with van der Waals surface area (Å²) in [5.41, 5.74) is 3.56. The number of fused-ring (bicyclic) bond motifs is 9. The molecular formula is C47H45Cl3N12O11. The van der Waals surface area contributed by atoms with Gasteiger partial charge in [0, 0.05) is 13.1 Å². The Balaban J connectivity index is 0.000000137. The second-order valence-electron chi connectivity index (χ2n) is 15.8. The first-order valence-corrected chi connectivity index (χ1v) is 23.7. The zero-order chi connectivity index (χ0) is 51.3. The molecule has 26 heteroatoms. The number of aromatic carboxylic acids is 1. The van der Waals surface area contributed by atoms with Crippen LogP contribution in [0.5, 0.6) is 28.7 Å². The van der Waals surface area contributed by atoms with Gasteiger partial charge in [0.05, 0.1) is 65.7 Å². The molecule has 0 aliphatic carbocycles. The monoisotopic (exact) mass is 1060 g/mol. The molecule has 73 heavy (non-hydrogen) atoms. The summed E-state index contributed by atoms with van der Waals surface area (Å²) >= 11 is 18.7. The van der Waals surface area contributed by atoms with E-state index in [2.05, 4.69) is 40.5 Å². The number of aromatic nitrogens is 9. The summed E-state index contributed by atoms with van der Waals surface area (Å²) in [6.07, 6.45) is 4.12. The fourth-order valence-electron chi connectivity index (χ4n) is 8.03. The minimum Gasteiger partial charge on any atom is -0.497 e. The van der Waals surface area contributed by atoms with Gasteiger partial charge in [-0.05, 0) is 49.2 Å². The first-order chi connectivity index (χ1) is 35.4. The molecule has 23 nitrogen and oxygen atoms in total. The van der Waals surface area contributed by atoms with Crippen LogP contribution in [0.15, 0.2) is 67.1 Å². The highest BCUT2D eigenvalue weighted by molar-refractivity contribution is 6.32. The van der Waals surface area contributed by atoms with Crippen LogP contribution < -0.4 is 38.8 Å². The molecule has 0 unspecified atom stereocenters. The number of benzene rings is 2. The second-order valence-corrected chi connectivity index (χ2v) is 16.9. The predicted octanol–water partition coefficient (Wildman–Crippen LogP) is 6.82. The number of carbonyl (C=O) groups is 3. The van der Waals surface area contributed by atoms with E-state index in [0.717, 1.165) is 22.6 Å². The van der Waals surface area contributed by atoms with Crippen LogP contribution in [0.2, 0.25) is 15.5 Å². The van der Waals surface area contributed by atoms with Gasteiger partial charge >= 0.3 is 17.9 Å². The molecular weight excluding hydrogens is 1010 g/mol. The van der Waals surface area contributed by atoms with Gasteiger partial charge in [-0.3, -0.25) is 0 Å². The zero-order valence-corrected chi connectivity index (χ0v) is 41.8. The number of rotatable bonds is 11. The summed E-state index contributed by atoms with van der Waals surface area (Å²) in [7, 11) is 3.26. The predicted molar refractivity (Wildman–Crippen MR) is 266 cm³/mol. The van der Waals surface area contributed by atoms with Gasteiger partial charge in [-0.25, -0.2) is 29.3 Å². The second kappa shape index (κ2) is 21.8. The quantitative estimate of drug-likeness (QED) is 0.0997. The molecule has 0 amide bonds. The van der Waals surface area contributed by atoms with Crippen molar-refractivity contribution < 1.29 is 52.6 Å². The Kier molecular flexibility index (Phi) is 14.9. The number of carboxylic acids is 1. The molecule has 0 fully saturated rings. The highest BCUT2D eigenvalue weighted by Gasteiger charge is 2.31. The number of halogens is 3. The lowest BCUT2D eigenvalue weighted by molar-refractivity contribution is 0.0518. The van der Waals surface area contributed by atoms with Gasteiger partial charge in [0.1, 0.15) is 48.0 Å². The van der Waals surface area contributed by atoms with E-state index in [1.54, 1.807) is 32.6 Å². The third kappa shape index (κ3) is 10.1. The third-order valence-corrected chi connectivity index (χ3v) is 12.1. The van der Waals surface area contributed by atoms with Crippen LogP contribution in [-0.4, -0.2) is 134 Å². The van der Waals surface area contributed by atoms with E-state index in [1.165, 1.54) is 27.6 Å². The van der Waals surface area contributed by atoms with Crippen LogP contribution in [0.1, 0.15) is 56.0 Å². The van der Waals surface area contributed by atoms with Gasteiger partial charge in [0.15, 0.2) is 67.1 Å². The number of carbonyl (C=O) groups excluding carboxylic acids is 2. The minimum absolute atomic E-state index is 0.00956. The van der Waals surface area contributed by atoms with Crippen LogP contribution in [0, 0.1) is 0 Å². The Bertz CT molecular complexity index is 3350. The molecule has 0 saturated heterocycles. The van der Waals surface area contributed by atoms with Crippen molar-refractivity contribution in [3.63, 3.8) is 0 Å². The summed E-state index contributed by atoms with van der Waals surface area (Å²) in [6, 6.07) is 15.6. The molecule has 0 spiro atoms. The molecule has 0 radical (unpaired) electrons. The number of carboxylic acid groups (broad SMARTS) is 1. The fraction of sp³-hybridized carbons (Fsp3) is 0.298. The summed E-state index contributed by atoms with van der Waals surface area (Å²) in [6.45, 7) is 8.55. The number of anilines is 3. The van der Waals surface area contributed by atoms with Crippen LogP contribution in [0.4, 0.5) is 17.5 Å². The highest BCUT2D eigenvalue weighted by Crippen LogP contribution is 2.40. The van der Waals surface area contributed by atoms with Crippen molar-refractivity contribution in [3.8, 4) is 28.7 Å². The normalized spacial score (nSPS) is 13.4. The number of nitrogens with one attached hydrogen (secondary N) is 1. The molecule has 0 atom stereocenters. The summed E-state index contributed by atoms with van der Waals surface area (Å²) in [4.78, 5) is 52.2. The topological polar surface area (TPSA) is 245 Å². The number of methoxy groups -OCH3 is 2.